The van der Waals surface area contributed by atoms with Gasteiger partial charge in [-0.25, -0.2) is 0 Å². The molecule has 0 unspecified atom stereocenters. The van der Waals surface area contributed by atoms with E-state index < -0.39 is 10.8 Å². The molecule has 0 aromatic heterocycles. The molecule has 1 saturated carbocycles. The molecule has 8 heteroatoms. The second kappa shape index (κ2) is 8.15. The molecule has 0 saturated heterocycles. The molecule has 0 aliphatic heterocycles. The maximum absolute atomic E-state index is 12.3. The standard InChI is InChI=1S/C17H19N3O5/c1-24-15-9-16(25-2)14(20(22)23)8-11(15)7-12(10-18)17(21)19-13-5-3-4-6-13/h7-9,13H,3-6H2,1-2H3,(H,19,21)/b12-7-. The Balaban J connectivity index is 2.38. The second-order valence-corrected chi connectivity index (χ2v) is 5.65. The lowest BCUT2D eigenvalue weighted by Gasteiger charge is -2.12. The molecule has 25 heavy (non-hydrogen) atoms. The van der Waals surface area contributed by atoms with Crippen LogP contribution in [-0.2, 0) is 4.79 Å². The summed E-state index contributed by atoms with van der Waals surface area (Å²) in [5, 5.41) is 23.3. The SMILES string of the molecule is COc1cc(OC)c([N+](=O)[O-])cc1/C=C(/C#N)C(=O)NC1CCCC1. The van der Waals surface area contributed by atoms with Crippen molar-refractivity contribution in [3.05, 3.63) is 33.4 Å². The molecule has 1 aliphatic carbocycles. The first kappa shape index (κ1) is 18.3. The average molecular weight is 345 g/mol. The number of nitro benzene ring substituents is 1. The van der Waals surface area contributed by atoms with Crippen LogP contribution in [0.25, 0.3) is 6.08 Å². The van der Waals surface area contributed by atoms with Crippen LogP contribution in [0.2, 0.25) is 0 Å². The number of carbonyl (C=O) groups excluding carboxylic acids is 1. The van der Waals surface area contributed by atoms with E-state index in [1.807, 2.05) is 6.07 Å². The monoisotopic (exact) mass is 345 g/mol. The maximum atomic E-state index is 12.3. The summed E-state index contributed by atoms with van der Waals surface area (Å²) in [6, 6.07) is 4.49. The van der Waals surface area contributed by atoms with Crippen LogP contribution in [0, 0.1) is 21.4 Å². The Morgan fingerprint density at radius 2 is 1.96 bits per heavy atom. The van der Waals surface area contributed by atoms with Crippen molar-refractivity contribution in [2.75, 3.05) is 14.2 Å². The summed E-state index contributed by atoms with van der Waals surface area (Å²) in [4.78, 5) is 22.8. The molecule has 0 radical (unpaired) electrons. The predicted molar refractivity (Wildman–Crippen MR) is 90.2 cm³/mol. The van der Waals surface area contributed by atoms with Crippen LogP contribution in [0.4, 0.5) is 5.69 Å². The van der Waals surface area contributed by atoms with Gasteiger partial charge in [0, 0.05) is 23.7 Å². The molecule has 0 bridgehead atoms. The number of nitrogens with one attached hydrogen (secondary N) is 1. The van der Waals surface area contributed by atoms with E-state index in [-0.39, 0.29) is 34.4 Å². The maximum Gasteiger partial charge on any atom is 0.311 e. The van der Waals surface area contributed by atoms with Crippen LogP contribution in [0.5, 0.6) is 11.5 Å². The van der Waals surface area contributed by atoms with E-state index in [2.05, 4.69) is 5.32 Å². The van der Waals surface area contributed by atoms with Crippen LogP contribution >= 0.6 is 0 Å². The highest BCUT2D eigenvalue weighted by molar-refractivity contribution is 6.02. The Morgan fingerprint density at radius 1 is 1.32 bits per heavy atom. The third-order valence-corrected chi connectivity index (χ3v) is 4.08. The van der Waals surface area contributed by atoms with Gasteiger partial charge in [-0.15, -0.1) is 0 Å². The van der Waals surface area contributed by atoms with Crippen molar-refractivity contribution in [3.63, 3.8) is 0 Å². The topological polar surface area (TPSA) is 114 Å². The van der Waals surface area contributed by atoms with E-state index in [1.54, 1.807) is 0 Å². The fourth-order valence-electron chi connectivity index (χ4n) is 2.80. The van der Waals surface area contributed by atoms with Crippen LogP contribution in [0.3, 0.4) is 0 Å². The Kier molecular flexibility index (Phi) is 5.95. The van der Waals surface area contributed by atoms with Crippen molar-refractivity contribution >= 4 is 17.7 Å². The van der Waals surface area contributed by atoms with E-state index in [4.69, 9.17) is 9.47 Å². The molecule has 1 aliphatic rings. The quantitative estimate of drug-likeness (QED) is 0.367. The van der Waals surface area contributed by atoms with Gasteiger partial charge in [0.1, 0.15) is 17.4 Å². The van der Waals surface area contributed by atoms with Gasteiger partial charge in [0.05, 0.1) is 19.1 Å². The fraction of sp³-hybridized carbons (Fsp3) is 0.412. The van der Waals surface area contributed by atoms with Crippen molar-refractivity contribution in [3.8, 4) is 17.6 Å². The summed E-state index contributed by atoms with van der Waals surface area (Å²) in [5.41, 5.74) is -0.152. The molecule has 1 amide bonds. The number of ether oxygens (including phenoxy) is 2. The predicted octanol–water partition coefficient (Wildman–Crippen LogP) is 2.58. The van der Waals surface area contributed by atoms with E-state index in [1.165, 1.54) is 32.4 Å². The number of hydrogen-bond acceptors (Lipinski definition) is 6. The van der Waals surface area contributed by atoms with E-state index in [0.717, 1.165) is 25.7 Å². The van der Waals surface area contributed by atoms with Gasteiger partial charge < -0.3 is 14.8 Å². The third-order valence-electron chi connectivity index (χ3n) is 4.08. The Bertz CT molecular complexity index is 745. The summed E-state index contributed by atoms with van der Waals surface area (Å²) in [7, 11) is 2.70. The highest BCUT2D eigenvalue weighted by Crippen LogP contribution is 2.35. The summed E-state index contributed by atoms with van der Waals surface area (Å²) < 4.78 is 10.2. The molecule has 1 N–H and O–H groups in total. The van der Waals surface area contributed by atoms with E-state index in [9.17, 15) is 20.2 Å². The second-order valence-electron chi connectivity index (χ2n) is 5.65. The lowest BCUT2D eigenvalue weighted by atomic mass is 10.1. The molecule has 1 aromatic rings. The molecule has 0 heterocycles. The summed E-state index contributed by atoms with van der Waals surface area (Å²) in [6.07, 6.45) is 5.17. The molecule has 1 fully saturated rings. The first-order valence-corrected chi connectivity index (χ1v) is 7.83. The van der Waals surface area contributed by atoms with Gasteiger partial charge in [0.2, 0.25) is 5.75 Å². The summed E-state index contributed by atoms with van der Waals surface area (Å²) in [5.74, 6) is -0.188. The highest BCUT2D eigenvalue weighted by atomic mass is 16.6. The first-order chi connectivity index (χ1) is 12.0. The zero-order chi connectivity index (χ0) is 18.4. The Hall–Kier alpha value is -3.08. The van der Waals surface area contributed by atoms with Crippen LogP contribution in [-0.4, -0.2) is 31.1 Å². The molecule has 132 valence electrons. The molecular formula is C17H19N3O5. The van der Waals surface area contributed by atoms with Crippen LogP contribution in [0.1, 0.15) is 31.2 Å². The number of benzene rings is 1. The first-order valence-electron chi connectivity index (χ1n) is 7.83. The van der Waals surface area contributed by atoms with Gasteiger partial charge in [0.25, 0.3) is 5.91 Å². The van der Waals surface area contributed by atoms with Crippen molar-refractivity contribution in [1.82, 2.24) is 5.32 Å². The number of nitro groups is 1. The smallest absolute Gasteiger partial charge is 0.311 e. The lowest BCUT2D eigenvalue weighted by Crippen LogP contribution is -2.33. The highest BCUT2D eigenvalue weighted by Gasteiger charge is 2.22. The number of amides is 1. The Labute approximate surface area is 145 Å². The molecule has 8 nitrogen and oxygen atoms in total. The molecular weight excluding hydrogens is 326 g/mol. The normalized spacial score (nSPS) is 14.7. The average Bonchev–Trinajstić information content (AvgIpc) is 3.11. The van der Waals surface area contributed by atoms with Gasteiger partial charge in [0.15, 0.2) is 0 Å². The summed E-state index contributed by atoms with van der Waals surface area (Å²) >= 11 is 0. The molecule has 1 aromatic carbocycles. The van der Waals surface area contributed by atoms with E-state index >= 15 is 0 Å². The minimum absolute atomic E-state index is 0.0351. The third kappa shape index (κ3) is 4.26. The van der Waals surface area contributed by atoms with Crippen LogP contribution < -0.4 is 14.8 Å². The van der Waals surface area contributed by atoms with Crippen molar-refractivity contribution in [2.24, 2.45) is 0 Å². The lowest BCUT2D eigenvalue weighted by molar-refractivity contribution is -0.385. The van der Waals surface area contributed by atoms with Gasteiger partial charge in [-0.05, 0) is 18.9 Å². The number of methoxy groups -OCH3 is 2. The largest absolute Gasteiger partial charge is 0.496 e. The zero-order valence-electron chi connectivity index (χ0n) is 14.1. The zero-order valence-corrected chi connectivity index (χ0v) is 14.1. The van der Waals surface area contributed by atoms with Gasteiger partial charge in [-0.1, -0.05) is 12.8 Å². The number of carbonyl (C=O) groups is 1. The number of hydrogen-bond donors (Lipinski definition) is 1. The van der Waals surface area contributed by atoms with Gasteiger partial charge in [-0.3, -0.25) is 14.9 Å². The molecule has 0 spiro atoms. The summed E-state index contributed by atoms with van der Waals surface area (Å²) in [6.45, 7) is 0. The van der Waals surface area contributed by atoms with Crippen molar-refractivity contribution < 1.29 is 19.2 Å². The van der Waals surface area contributed by atoms with Crippen molar-refractivity contribution in [2.45, 2.75) is 31.7 Å². The number of rotatable bonds is 6. The minimum Gasteiger partial charge on any atom is -0.496 e. The fourth-order valence-corrected chi connectivity index (χ4v) is 2.80. The Morgan fingerprint density at radius 3 is 2.48 bits per heavy atom. The van der Waals surface area contributed by atoms with E-state index in [0.29, 0.717) is 0 Å². The number of nitriles is 1. The van der Waals surface area contributed by atoms with Crippen molar-refractivity contribution in [1.29, 1.82) is 5.26 Å². The van der Waals surface area contributed by atoms with Crippen LogP contribution in [0.15, 0.2) is 17.7 Å². The van der Waals surface area contributed by atoms with Gasteiger partial charge in [-0.2, -0.15) is 5.26 Å². The number of nitrogens with zero attached hydrogens (tertiary/aromatic N) is 2. The molecule has 2 rings (SSSR count). The minimum atomic E-state index is -0.597. The van der Waals surface area contributed by atoms with Gasteiger partial charge >= 0.3 is 5.69 Å². The molecule has 0 atom stereocenters.